The molecule has 0 aromatic heterocycles. The number of rotatable bonds is 1. The van der Waals surface area contributed by atoms with Crippen LogP contribution in [0.3, 0.4) is 0 Å². The highest BCUT2D eigenvalue weighted by Gasteiger charge is 2.40. The largest absolute Gasteiger partial charge is 0.395 e. The molecule has 1 fully saturated rings. The summed E-state index contributed by atoms with van der Waals surface area (Å²) in [5.74, 6) is 0. The lowest BCUT2D eigenvalue weighted by atomic mass is 10.2. The summed E-state index contributed by atoms with van der Waals surface area (Å²) in [6.45, 7) is 1.43. The summed E-state index contributed by atoms with van der Waals surface area (Å²) < 4.78 is 0. The highest BCUT2D eigenvalue weighted by Crippen LogP contribution is 2.28. The van der Waals surface area contributed by atoms with Crippen molar-refractivity contribution in [2.24, 2.45) is 0 Å². The molecule has 2 atom stereocenters. The molecular weight excluding hydrogens is 134 g/mol. The zero-order valence-electron chi connectivity index (χ0n) is 5.99. The number of aliphatic hydroxyl groups is 2. The van der Waals surface area contributed by atoms with Gasteiger partial charge >= 0.3 is 0 Å². The smallest absolute Gasteiger partial charge is 0.138 e. The SMILES string of the molecule is CC1(O)CCC(CO)N1O. The van der Waals surface area contributed by atoms with Gasteiger partial charge in [0.1, 0.15) is 5.72 Å². The van der Waals surface area contributed by atoms with E-state index < -0.39 is 5.72 Å². The molecule has 10 heavy (non-hydrogen) atoms. The predicted octanol–water partition coefficient (Wildman–Crippen LogP) is -0.459. The van der Waals surface area contributed by atoms with Crippen molar-refractivity contribution in [3.05, 3.63) is 0 Å². The zero-order valence-corrected chi connectivity index (χ0v) is 5.99. The summed E-state index contributed by atoms with van der Waals surface area (Å²) >= 11 is 0. The van der Waals surface area contributed by atoms with E-state index in [1.165, 1.54) is 6.92 Å². The molecule has 1 rings (SSSR count). The fourth-order valence-electron chi connectivity index (χ4n) is 1.24. The third-order valence-corrected chi connectivity index (χ3v) is 2.00. The van der Waals surface area contributed by atoms with E-state index in [4.69, 9.17) is 10.3 Å². The molecule has 0 radical (unpaired) electrons. The van der Waals surface area contributed by atoms with Crippen LogP contribution >= 0.6 is 0 Å². The maximum Gasteiger partial charge on any atom is 0.138 e. The molecule has 1 heterocycles. The predicted molar refractivity (Wildman–Crippen MR) is 34.4 cm³/mol. The van der Waals surface area contributed by atoms with Crippen molar-refractivity contribution in [3.63, 3.8) is 0 Å². The summed E-state index contributed by atoms with van der Waals surface area (Å²) in [6, 6.07) is -0.296. The van der Waals surface area contributed by atoms with Crippen molar-refractivity contribution in [3.8, 4) is 0 Å². The van der Waals surface area contributed by atoms with E-state index >= 15 is 0 Å². The van der Waals surface area contributed by atoms with Gasteiger partial charge in [-0.15, -0.1) is 0 Å². The molecule has 0 bridgehead atoms. The van der Waals surface area contributed by atoms with E-state index in [1.54, 1.807) is 0 Å². The fourth-order valence-corrected chi connectivity index (χ4v) is 1.24. The van der Waals surface area contributed by atoms with E-state index in [-0.39, 0.29) is 12.6 Å². The number of nitrogens with zero attached hydrogens (tertiary/aromatic N) is 1. The van der Waals surface area contributed by atoms with Crippen molar-refractivity contribution >= 4 is 0 Å². The fraction of sp³-hybridized carbons (Fsp3) is 1.00. The second-order valence-electron chi connectivity index (χ2n) is 2.94. The molecule has 1 aliphatic heterocycles. The van der Waals surface area contributed by atoms with Gasteiger partial charge in [0, 0.05) is 0 Å². The Kier molecular flexibility index (Phi) is 1.96. The summed E-state index contributed by atoms with van der Waals surface area (Å²) in [6.07, 6.45) is 1.15. The van der Waals surface area contributed by atoms with Gasteiger partial charge in [0.2, 0.25) is 0 Å². The third-order valence-electron chi connectivity index (χ3n) is 2.00. The first-order valence-electron chi connectivity index (χ1n) is 3.39. The molecule has 4 nitrogen and oxygen atoms in total. The van der Waals surface area contributed by atoms with E-state index in [9.17, 15) is 5.11 Å². The Hall–Kier alpha value is -0.160. The van der Waals surface area contributed by atoms with E-state index in [0.29, 0.717) is 12.8 Å². The standard InChI is InChI=1S/C6H13NO3/c1-6(9)3-2-5(4-8)7(6)10/h5,8-10H,2-4H2,1H3. The van der Waals surface area contributed by atoms with Crippen LogP contribution in [0, 0.1) is 0 Å². The van der Waals surface area contributed by atoms with Crippen LogP contribution in [0.15, 0.2) is 0 Å². The van der Waals surface area contributed by atoms with Crippen LogP contribution in [0.2, 0.25) is 0 Å². The number of aliphatic hydroxyl groups excluding tert-OH is 1. The zero-order chi connectivity index (χ0) is 7.78. The Bertz CT molecular complexity index is 126. The number of hydroxylamine groups is 2. The van der Waals surface area contributed by atoms with Gasteiger partial charge < -0.3 is 15.4 Å². The molecule has 0 saturated carbocycles. The first-order chi connectivity index (χ1) is 4.58. The Morgan fingerprint density at radius 2 is 2.30 bits per heavy atom. The van der Waals surface area contributed by atoms with Crippen molar-refractivity contribution in [2.45, 2.75) is 31.5 Å². The summed E-state index contributed by atoms with van der Waals surface area (Å²) in [7, 11) is 0. The molecule has 1 saturated heterocycles. The minimum Gasteiger partial charge on any atom is -0.395 e. The summed E-state index contributed by atoms with van der Waals surface area (Å²) in [5.41, 5.74) is -1.15. The van der Waals surface area contributed by atoms with Gasteiger partial charge in [-0.3, -0.25) is 0 Å². The Balaban J connectivity index is 2.58. The number of hydrogen-bond acceptors (Lipinski definition) is 4. The van der Waals surface area contributed by atoms with Gasteiger partial charge in [-0.05, 0) is 19.8 Å². The van der Waals surface area contributed by atoms with Crippen molar-refractivity contribution < 1.29 is 15.4 Å². The minimum absolute atomic E-state index is 0.105. The first-order valence-corrected chi connectivity index (χ1v) is 3.39. The average molecular weight is 147 g/mol. The lowest BCUT2D eigenvalue weighted by molar-refractivity contribution is -0.251. The molecule has 0 aromatic rings. The van der Waals surface area contributed by atoms with Crippen LogP contribution in [0.1, 0.15) is 19.8 Å². The van der Waals surface area contributed by atoms with Crippen LogP contribution in [-0.2, 0) is 0 Å². The lowest BCUT2D eigenvalue weighted by Crippen LogP contribution is -2.43. The minimum atomic E-state index is -1.15. The van der Waals surface area contributed by atoms with E-state index in [2.05, 4.69) is 0 Å². The van der Waals surface area contributed by atoms with E-state index in [1.807, 2.05) is 0 Å². The van der Waals surface area contributed by atoms with Crippen LogP contribution < -0.4 is 0 Å². The highest BCUT2D eigenvalue weighted by molar-refractivity contribution is 4.84. The maximum absolute atomic E-state index is 9.33. The normalized spacial score (nSPS) is 42.6. The Morgan fingerprint density at radius 3 is 2.50 bits per heavy atom. The second-order valence-corrected chi connectivity index (χ2v) is 2.94. The summed E-state index contributed by atoms with van der Waals surface area (Å²) in [5, 5.41) is 28.0. The lowest BCUT2D eigenvalue weighted by Gasteiger charge is -2.26. The Morgan fingerprint density at radius 1 is 1.70 bits per heavy atom. The van der Waals surface area contributed by atoms with Gasteiger partial charge in [-0.25, -0.2) is 0 Å². The molecular formula is C6H13NO3. The molecule has 0 aromatic carbocycles. The molecule has 0 aliphatic carbocycles. The van der Waals surface area contributed by atoms with Gasteiger partial charge in [0.15, 0.2) is 0 Å². The second kappa shape index (κ2) is 2.47. The quantitative estimate of drug-likeness (QED) is 0.469. The first kappa shape index (κ1) is 7.94. The molecule has 0 spiro atoms. The van der Waals surface area contributed by atoms with E-state index in [0.717, 1.165) is 5.06 Å². The maximum atomic E-state index is 9.33. The molecule has 2 unspecified atom stereocenters. The van der Waals surface area contributed by atoms with Crippen molar-refractivity contribution in [1.29, 1.82) is 0 Å². The van der Waals surface area contributed by atoms with Crippen LogP contribution in [-0.4, -0.2) is 38.9 Å². The van der Waals surface area contributed by atoms with Gasteiger partial charge in [-0.2, -0.15) is 5.06 Å². The van der Waals surface area contributed by atoms with Gasteiger partial charge in [-0.1, -0.05) is 0 Å². The van der Waals surface area contributed by atoms with Gasteiger partial charge in [0.25, 0.3) is 0 Å². The van der Waals surface area contributed by atoms with Crippen LogP contribution in [0.4, 0.5) is 0 Å². The summed E-state index contributed by atoms with van der Waals surface area (Å²) in [4.78, 5) is 0. The number of hydrogen-bond donors (Lipinski definition) is 3. The van der Waals surface area contributed by atoms with Crippen molar-refractivity contribution in [2.75, 3.05) is 6.61 Å². The highest BCUT2D eigenvalue weighted by atomic mass is 16.5. The third kappa shape index (κ3) is 1.15. The monoisotopic (exact) mass is 147 g/mol. The molecule has 1 aliphatic rings. The molecule has 60 valence electrons. The molecule has 0 amide bonds. The van der Waals surface area contributed by atoms with Crippen LogP contribution in [0.25, 0.3) is 0 Å². The molecule has 4 heteroatoms. The van der Waals surface area contributed by atoms with Gasteiger partial charge in [0.05, 0.1) is 12.6 Å². The Labute approximate surface area is 59.7 Å². The topological polar surface area (TPSA) is 63.9 Å². The average Bonchev–Trinajstić information content (AvgIpc) is 2.10. The molecule has 3 N–H and O–H groups in total. The van der Waals surface area contributed by atoms with Crippen molar-refractivity contribution in [1.82, 2.24) is 5.06 Å². The van der Waals surface area contributed by atoms with Crippen LogP contribution in [0.5, 0.6) is 0 Å².